The van der Waals surface area contributed by atoms with Gasteiger partial charge in [0.25, 0.3) is 17.5 Å². The van der Waals surface area contributed by atoms with E-state index < -0.39 is 16.7 Å². The summed E-state index contributed by atoms with van der Waals surface area (Å²) in [5.41, 5.74) is 4.46. The number of carbonyl (C=O) groups is 2. The average Bonchev–Trinajstić information content (AvgIpc) is 2.95. The van der Waals surface area contributed by atoms with Crippen LogP contribution in [0.1, 0.15) is 20.8 Å². The van der Waals surface area contributed by atoms with Crippen molar-refractivity contribution in [2.24, 2.45) is 0 Å². The normalized spacial score (nSPS) is 9.95. The first kappa shape index (κ1) is 14.7. The minimum Gasteiger partial charge on any atom is -0.351 e. The van der Waals surface area contributed by atoms with Gasteiger partial charge in [-0.2, -0.15) is 0 Å². The van der Waals surface area contributed by atoms with E-state index in [1.807, 2.05) is 0 Å². The molecule has 0 saturated carbocycles. The van der Waals surface area contributed by atoms with E-state index in [0.717, 1.165) is 16.7 Å². The first-order valence-electron chi connectivity index (χ1n) is 5.66. The largest absolute Gasteiger partial charge is 0.351 e. The van der Waals surface area contributed by atoms with Gasteiger partial charge in [0.05, 0.1) is 11.1 Å². The van der Waals surface area contributed by atoms with E-state index in [4.69, 9.17) is 0 Å². The quantitative estimate of drug-likeness (QED) is 0.576. The number of aromatic nitrogens is 1. The van der Waals surface area contributed by atoms with Crippen LogP contribution in [0.15, 0.2) is 41.0 Å². The molecule has 0 aliphatic heterocycles. The lowest BCUT2D eigenvalue weighted by Crippen LogP contribution is -2.41. The van der Waals surface area contributed by atoms with E-state index in [1.165, 1.54) is 0 Å². The summed E-state index contributed by atoms with van der Waals surface area (Å²) in [7, 11) is 0. The van der Waals surface area contributed by atoms with Gasteiger partial charge >= 0.3 is 0 Å². The molecule has 2 aromatic rings. The van der Waals surface area contributed by atoms with Crippen LogP contribution >= 0.6 is 15.9 Å². The van der Waals surface area contributed by atoms with Gasteiger partial charge in [-0.3, -0.25) is 30.6 Å². The zero-order valence-corrected chi connectivity index (χ0v) is 12.0. The number of halogens is 1. The van der Waals surface area contributed by atoms with Crippen molar-refractivity contribution in [3.63, 3.8) is 0 Å². The molecule has 21 heavy (non-hydrogen) atoms. The lowest BCUT2D eigenvalue weighted by atomic mass is 10.2. The molecule has 0 aliphatic rings. The Balaban J connectivity index is 1.95. The van der Waals surface area contributed by atoms with Gasteiger partial charge in [0.2, 0.25) is 0 Å². The van der Waals surface area contributed by atoms with Crippen LogP contribution in [-0.2, 0) is 0 Å². The molecule has 0 fully saturated rings. The van der Waals surface area contributed by atoms with Crippen molar-refractivity contribution < 1.29 is 14.5 Å². The topological polar surface area (TPSA) is 117 Å². The van der Waals surface area contributed by atoms with Crippen LogP contribution < -0.4 is 10.9 Å². The number of amides is 2. The average molecular weight is 353 g/mol. The number of rotatable bonds is 3. The number of H-pyrrole nitrogens is 1. The maximum atomic E-state index is 11.7. The van der Waals surface area contributed by atoms with Crippen LogP contribution in [0.3, 0.4) is 0 Å². The van der Waals surface area contributed by atoms with Gasteiger partial charge < -0.3 is 4.98 Å². The lowest BCUT2D eigenvalue weighted by molar-refractivity contribution is -0.384. The molecule has 0 spiro atoms. The third-order valence-electron chi connectivity index (χ3n) is 2.52. The first-order chi connectivity index (χ1) is 9.97. The van der Waals surface area contributed by atoms with Crippen LogP contribution in [0.25, 0.3) is 0 Å². The summed E-state index contributed by atoms with van der Waals surface area (Å²) < 4.78 is 0.821. The number of hydrogen-bond donors (Lipinski definition) is 3. The summed E-state index contributed by atoms with van der Waals surface area (Å²) >= 11 is 3.24. The molecule has 3 N–H and O–H groups in total. The predicted octanol–water partition coefficient (Wildman–Crippen LogP) is 1.76. The van der Waals surface area contributed by atoms with E-state index in [2.05, 4.69) is 31.8 Å². The summed E-state index contributed by atoms with van der Waals surface area (Å²) in [4.78, 5) is 35.7. The van der Waals surface area contributed by atoms with Gasteiger partial charge in [0, 0.05) is 16.1 Å². The Morgan fingerprint density at radius 2 is 1.76 bits per heavy atom. The van der Waals surface area contributed by atoms with Crippen molar-refractivity contribution in [1.82, 2.24) is 15.8 Å². The molecule has 0 radical (unpaired) electrons. The number of aromatic amines is 1. The molecule has 9 heteroatoms. The van der Waals surface area contributed by atoms with Crippen LogP contribution in [0.2, 0.25) is 0 Å². The zero-order valence-electron chi connectivity index (χ0n) is 10.4. The highest BCUT2D eigenvalue weighted by molar-refractivity contribution is 9.10. The molecule has 1 aromatic heterocycles. The minimum absolute atomic E-state index is 0.0298. The fourth-order valence-electron chi connectivity index (χ4n) is 1.47. The molecule has 2 amide bonds. The van der Waals surface area contributed by atoms with Crippen molar-refractivity contribution in [2.45, 2.75) is 0 Å². The molecular weight excluding hydrogens is 344 g/mol. The molecular formula is C12H9BrN4O4. The second kappa shape index (κ2) is 6.18. The maximum absolute atomic E-state index is 11.7. The van der Waals surface area contributed by atoms with Gasteiger partial charge in [0.1, 0.15) is 5.69 Å². The summed E-state index contributed by atoms with van der Waals surface area (Å²) in [6, 6.07) is 7.59. The van der Waals surface area contributed by atoms with E-state index in [9.17, 15) is 19.7 Å². The maximum Gasteiger partial charge on any atom is 0.287 e. The molecule has 0 unspecified atom stereocenters. The molecule has 2 rings (SSSR count). The number of nitrogens with zero attached hydrogens (tertiary/aromatic N) is 1. The van der Waals surface area contributed by atoms with Crippen molar-refractivity contribution in [3.8, 4) is 0 Å². The minimum atomic E-state index is -0.687. The number of nitrogens with one attached hydrogen (secondary N) is 3. The number of benzene rings is 1. The highest BCUT2D eigenvalue weighted by atomic mass is 79.9. The second-order valence-corrected chi connectivity index (χ2v) is 4.86. The Labute approximate surface area is 126 Å². The van der Waals surface area contributed by atoms with Crippen LogP contribution in [0.4, 0.5) is 5.69 Å². The fraction of sp³-hybridized carbons (Fsp3) is 0. The zero-order chi connectivity index (χ0) is 15.4. The number of hydrogen-bond acceptors (Lipinski definition) is 4. The standard InChI is InChI=1S/C12H9BrN4O4/c13-8-3-1-7(2-4-8)11(18)15-16-12(19)10-5-9(6-14-10)17(20)21/h1-6,14H,(H,15,18)(H,16,19). The monoisotopic (exact) mass is 352 g/mol. The van der Waals surface area contributed by atoms with Crippen LogP contribution in [0.5, 0.6) is 0 Å². The van der Waals surface area contributed by atoms with Gasteiger partial charge in [-0.05, 0) is 24.3 Å². The Morgan fingerprint density at radius 1 is 1.14 bits per heavy atom. The molecule has 108 valence electrons. The molecule has 0 atom stereocenters. The first-order valence-corrected chi connectivity index (χ1v) is 6.46. The Bertz CT molecular complexity index is 696. The van der Waals surface area contributed by atoms with Gasteiger partial charge in [-0.15, -0.1) is 0 Å². The number of nitro groups is 1. The van der Waals surface area contributed by atoms with Crippen molar-refractivity contribution in [2.75, 3.05) is 0 Å². The van der Waals surface area contributed by atoms with E-state index in [-0.39, 0.29) is 11.4 Å². The van der Waals surface area contributed by atoms with Crippen molar-refractivity contribution in [3.05, 3.63) is 62.4 Å². The van der Waals surface area contributed by atoms with Gasteiger partial charge in [-0.25, -0.2) is 0 Å². The fourth-order valence-corrected chi connectivity index (χ4v) is 1.74. The Morgan fingerprint density at radius 3 is 2.33 bits per heavy atom. The van der Waals surface area contributed by atoms with E-state index >= 15 is 0 Å². The number of carbonyl (C=O) groups excluding carboxylic acids is 2. The Kier molecular flexibility index (Phi) is 4.33. The third kappa shape index (κ3) is 3.66. The Hall–Kier alpha value is -2.68. The molecule has 8 nitrogen and oxygen atoms in total. The van der Waals surface area contributed by atoms with Crippen molar-refractivity contribution in [1.29, 1.82) is 0 Å². The number of hydrazine groups is 1. The van der Waals surface area contributed by atoms with E-state index in [1.54, 1.807) is 24.3 Å². The SMILES string of the molecule is O=C(NNC(=O)c1cc([N+](=O)[O-])c[nH]1)c1ccc(Br)cc1. The third-order valence-corrected chi connectivity index (χ3v) is 3.05. The highest BCUT2D eigenvalue weighted by Gasteiger charge is 2.15. The highest BCUT2D eigenvalue weighted by Crippen LogP contribution is 2.12. The predicted molar refractivity (Wildman–Crippen MR) is 76.5 cm³/mol. The van der Waals surface area contributed by atoms with Gasteiger partial charge in [-0.1, -0.05) is 15.9 Å². The summed E-state index contributed by atoms with van der Waals surface area (Å²) in [6.45, 7) is 0. The summed E-state index contributed by atoms with van der Waals surface area (Å²) in [5.74, 6) is -1.19. The molecule has 0 bridgehead atoms. The van der Waals surface area contributed by atoms with Crippen LogP contribution in [0, 0.1) is 10.1 Å². The summed E-state index contributed by atoms with van der Waals surface area (Å²) in [5, 5.41) is 10.5. The van der Waals surface area contributed by atoms with Gasteiger partial charge in [0.15, 0.2) is 0 Å². The second-order valence-electron chi connectivity index (χ2n) is 3.94. The molecule has 1 heterocycles. The molecule has 0 saturated heterocycles. The summed E-state index contributed by atoms with van der Waals surface area (Å²) in [6.07, 6.45) is 1.09. The molecule has 1 aromatic carbocycles. The molecule has 0 aliphatic carbocycles. The lowest BCUT2D eigenvalue weighted by Gasteiger charge is -2.06. The smallest absolute Gasteiger partial charge is 0.287 e. The van der Waals surface area contributed by atoms with E-state index in [0.29, 0.717) is 5.56 Å². The van der Waals surface area contributed by atoms with Crippen LogP contribution in [-0.4, -0.2) is 21.7 Å². The van der Waals surface area contributed by atoms with Crippen molar-refractivity contribution >= 4 is 33.4 Å².